The van der Waals surface area contributed by atoms with E-state index in [1.54, 1.807) is 11.8 Å². The number of anilines is 1. The SMILES string of the molecule is CCc1cc(C(=O)O)c(=O)n2cc(F)c(N3CCC([AsH2])C3)c(F)c12.Cl. The molecule has 1 aliphatic rings. The molecule has 0 aromatic carbocycles. The molecule has 3 rings (SSSR count). The fourth-order valence-electron chi connectivity index (χ4n) is 3.15. The van der Waals surface area contributed by atoms with E-state index in [2.05, 4.69) is 0 Å². The van der Waals surface area contributed by atoms with Gasteiger partial charge in [0.25, 0.3) is 0 Å². The van der Waals surface area contributed by atoms with Crippen LogP contribution < -0.4 is 10.5 Å². The Bertz CT molecular complexity index is 903. The number of nitrogens with zero attached hydrogens (tertiary/aromatic N) is 2. The molecule has 0 amide bonds. The van der Waals surface area contributed by atoms with Crippen LogP contribution in [0.2, 0.25) is 4.71 Å². The Balaban J connectivity index is 0.00000225. The van der Waals surface area contributed by atoms with Crippen molar-refractivity contribution in [2.75, 3.05) is 18.0 Å². The van der Waals surface area contributed by atoms with Gasteiger partial charge in [0, 0.05) is 0 Å². The van der Waals surface area contributed by atoms with E-state index in [-0.39, 0.29) is 23.6 Å². The molecule has 0 bridgehead atoms. The minimum atomic E-state index is -1.41. The number of rotatable bonds is 3. The van der Waals surface area contributed by atoms with Gasteiger partial charge in [-0.05, 0) is 0 Å². The van der Waals surface area contributed by atoms with Crippen molar-refractivity contribution in [3.05, 3.63) is 45.4 Å². The van der Waals surface area contributed by atoms with Gasteiger partial charge in [-0.15, -0.1) is 12.4 Å². The van der Waals surface area contributed by atoms with Gasteiger partial charge in [-0.2, -0.15) is 0 Å². The molecule has 1 aliphatic heterocycles. The van der Waals surface area contributed by atoms with Gasteiger partial charge in [0.2, 0.25) is 0 Å². The number of aromatic nitrogens is 1. The summed E-state index contributed by atoms with van der Waals surface area (Å²) in [4.78, 5) is 25.1. The van der Waals surface area contributed by atoms with Crippen LogP contribution in [-0.4, -0.2) is 45.4 Å². The number of carboxylic acid groups (broad SMARTS) is 1. The monoisotopic (exact) mass is 434 g/mol. The molecule has 2 unspecified atom stereocenters. The molecule has 136 valence electrons. The van der Waals surface area contributed by atoms with Gasteiger partial charge < -0.3 is 0 Å². The second-order valence-corrected chi connectivity index (χ2v) is 7.88. The largest absolute Gasteiger partial charge is 0.147 e. The summed E-state index contributed by atoms with van der Waals surface area (Å²) in [5.74, 6) is -3.07. The first kappa shape index (κ1) is 19.7. The first-order chi connectivity index (χ1) is 11.3. The van der Waals surface area contributed by atoms with Crippen LogP contribution in [0.4, 0.5) is 14.5 Å². The fourth-order valence-corrected chi connectivity index (χ4v) is 4.00. The summed E-state index contributed by atoms with van der Waals surface area (Å²) in [6, 6.07) is 1.18. The number of aryl methyl sites for hydroxylation is 1. The van der Waals surface area contributed by atoms with E-state index in [1.807, 2.05) is 0 Å². The predicted molar refractivity (Wildman–Crippen MR) is 96.3 cm³/mol. The number of hydrogen-bond acceptors (Lipinski definition) is 3. The topological polar surface area (TPSA) is 62.0 Å². The maximum absolute atomic E-state index is 15.1. The third-order valence-electron chi connectivity index (χ3n) is 4.35. The van der Waals surface area contributed by atoms with E-state index in [9.17, 15) is 14.0 Å². The van der Waals surface area contributed by atoms with Crippen LogP contribution in [0.1, 0.15) is 29.3 Å². The van der Waals surface area contributed by atoms with Gasteiger partial charge in [-0.25, -0.2) is 0 Å². The van der Waals surface area contributed by atoms with Gasteiger partial charge in [0.05, 0.1) is 0 Å². The maximum atomic E-state index is 15.1. The van der Waals surface area contributed by atoms with Crippen LogP contribution in [0.15, 0.2) is 17.1 Å². The van der Waals surface area contributed by atoms with Crippen LogP contribution in [0.25, 0.3) is 5.52 Å². The number of halogens is 3. The summed E-state index contributed by atoms with van der Waals surface area (Å²) < 4.78 is 30.8. The molecule has 9 heteroatoms. The Kier molecular flexibility index (Phi) is 5.79. The van der Waals surface area contributed by atoms with Gasteiger partial charge in [-0.1, -0.05) is 0 Å². The van der Waals surface area contributed by atoms with Crippen molar-refractivity contribution in [3.63, 3.8) is 0 Å². The van der Waals surface area contributed by atoms with E-state index < -0.39 is 28.7 Å². The Morgan fingerprint density at radius 3 is 2.64 bits per heavy atom. The van der Waals surface area contributed by atoms with Crippen molar-refractivity contribution in [1.82, 2.24) is 4.40 Å². The number of carboxylic acids is 1. The molecule has 2 aromatic heterocycles. The molecule has 0 radical (unpaired) electrons. The summed E-state index contributed by atoms with van der Waals surface area (Å²) in [6.45, 7) is 2.86. The van der Waals surface area contributed by atoms with Crippen LogP contribution >= 0.6 is 12.4 Å². The van der Waals surface area contributed by atoms with Crippen LogP contribution in [0.5, 0.6) is 0 Å². The molecule has 0 spiro atoms. The van der Waals surface area contributed by atoms with Crippen molar-refractivity contribution in [1.29, 1.82) is 0 Å². The van der Waals surface area contributed by atoms with Crippen molar-refractivity contribution in [2.45, 2.75) is 24.5 Å². The molecular weight excluding hydrogens is 417 g/mol. The predicted octanol–water partition coefficient (Wildman–Crippen LogP) is 1.89. The molecule has 2 aromatic rings. The van der Waals surface area contributed by atoms with Crippen molar-refractivity contribution in [2.24, 2.45) is 0 Å². The number of hydrogen-bond donors (Lipinski definition) is 1. The number of aromatic carboxylic acids is 1. The summed E-state index contributed by atoms with van der Waals surface area (Å²) in [5.41, 5.74) is -1.24. The third kappa shape index (κ3) is 3.27. The minimum absolute atomic E-state index is 0. The zero-order chi connectivity index (χ0) is 17.6. The Morgan fingerprint density at radius 2 is 2.12 bits per heavy atom. The zero-order valence-corrected chi connectivity index (χ0v) is 16.7. The van der Waals surface area contributed by atoms with Gasteiger partial charge in [0.15, 0.2) is 0 Å². The van der Waals surface area contributed by atoms with Gasteiger partial charge in [0.1, 0.15) is 0 Å². The number of carbonyl (C=O) groups is 1. The van der Waals surface area contributed by atoms with Gasteiger partial charge in [-0.3, -0.25) is 0 Å². The maximum Gasteiger partial charge on any atom is -0.147 e. The zero-order valence-electron chi connectivity index (χ0n) is 13.5. The van der Waals surface area contributed by atoms with E-state index in [0.717, 1.165) is 17.0 Å². The fraction of sp³-hybridized carbons (Fsp3) is 0.375. The molecule has 2 atom stereocenters. The standard InChI is InChI=1S/C16H17AsF2N2O3.ClH/c1-2-8-5-10(16(23)24)15(22)21-7-11(18)14(12(19)13(8)21)20-4-3-9(17)6-20;/h5,7,9H,2-4,6,17H2,1H3,(H,23,24);1H. The molecular formula is C16H18AsClF2N2O3. The molecule has 25 heavy (non-hydrogen) atoms. The second-order valence-electron chi connectivity index (χ2n) is 5.90. The quantitative estimate of drug-likeness (QED) is 0.750. The molecule has 3 heterocycles. The average molecular weight is 435 g/mol. The molecule has 5 nitrogen and oxygen atoms in total. The number of fused-ring (bicyclic) bond motifs is 1. The minimum Gasteiger partial charge on any atom is -0.147 e. The average Bonchev–Trinajstić information content (AvgIpc) is 2.94. The first-order valence-corrected chi connectivity index (χ1v) is 9.05. The molecule has 1 saturated heterocycles. The van der Waals surface area contributed by atoms with E-state index in [1.165, 1.54) is 22.9 Å². The Labute approximate surface area is 157 Å². The Hall–Kier alpha value is -1.59. The van der Waals surface area contributed by atoms with E-state index in [0.29, 0.717) is 29.8 Å². The smallest absolute Gasteiger partial charge is 0.147 e. The van der Waals surface area contributed by atoms with Gasteiger partial charge >= 0.3 is 145 Å². The normalized spacial score (nSPS) is 17.0. The summed E-state index contributed by atoms with van der Waals surface area (Å²) in [7, 11) is 0. The molecule has 1 fully saturated rings. The van der Waals surface area contributed by atoms with Crippen molar-refractivity contribution < 1.29 is 18.7 Å². The third-order valence-corrected chi connectivity index (χ3v) is 5.49. The number of pyridine rings is 2. The van der Waals surface area contributed by atoms with Crippen molar-refractivity contribution in [3.8, 4) is 0 Å². The summed E-state index contributed by atoms with van der Waals surface area (Å²) in [5, 5.41) is 9.13. The van der Waals surface area contributed by atoms with Crippen LogP contribution in [0.3, 0.4) is 0 Å². The molecule has 1 N–H and O–H groups in total. The van der Waals surface area contributed by atoms with Crippen LogP contribution in [-0.2, 0) is 6.42 Å². The van der Waals surface area contributed by atoms with Crippen molar-refractivity contribution >= 4 is 46.4 Å². The summed E-state index contributed by atoms with van der Waals surface area (Å²) in [6.07, 6.45) is 2.09. The van der Waals surface area contributed by atoms with E-state index >= 15 is 4.39 Å². The van der Waals surface area contributed by atoms with E-state index in [4.69, 9.17) is 5.11 Å². The molecule has 0 saturated carbocycles. The first-order valence-electron chi connectivity index (χ1n) is 7.65. The molecule has 0 aliphatic carbocycles. The Morgan fingerprint density at radius 1 is 1.44 bits per heavy atom. The second kappa shape index (κ2) is 7.34. The summed E-state index contributed by atoms with van der Waals surface area (Å²) >= 11 is 1.54. The van der Waals surface area contributed by atoms with Crippen LogP contribution in [0, 0.1) is 11.6 Å².